The Bertz CT molecular complexity index is 589. The molecule has 5 heteroatoms. The second-order valence-electron chi connectivity index (χ2n) is 4.64. The van der Waals surface area contributed by atoms with E-state index in [1.165, 1.54) is 12.1 Å². The Morgan fingerprint density at radius 3 is 2.30 bits per heavy atom. The van der Waals surface area contributed by atoms with Gasteiger partial charge in [0.15, 0.2) is 0 Å². The highest BCUT2D eigenvalue weighted by atomic mass is 19.4. The van der Waals surface area contributed by atoms with Crippen LogP contribution in [0.2, 0.25) is 0 Å². The number of benzene rings is 2. The normalized spacial score (nSPS) is 11.4. The average molecular weight is 280 g/mol. The molecule has 2 rings (SSSR count). The van der Waals surface area contributed by atoms with Crippen molar-refractivity contribution in [2.45, 2.75) is 19.6 Å². The number of anilines is 2. The van der Waals surface area contributed by atoms with E-state index in [1.54, 1.807) is 6.07 Å². The van der Waals surface area contributed by atoms with E-state index in [9.17, 15) is 13.2 Å². The summed E-state index contributed by atoms with van der Waals surface area (Å²) in [5, 5.41) is 3.12. The predicted octanol–water partition coefficient (Wildman–Crippen LogP) is 4.21. The molecule has 2 aromatic rings. The highest BCUT2D eigenvalue weighted by molar-refractivity contribution is 5.67. The van der Waals surface area contributed by atoms with Gasteiger partial charge in [-0.25, -0.2) is 0 Å². The number of nitrogens with two attached hydrogens (primary N) is 1. The van der Waals surface area contributed by atoms with Crippen molar-refractivity contribution in [1.29, 1.82) is 0 Å². The Kier molecular flexibility index (Phi) is 3.88. The molecule has 0 aliphatic carbocycles. The number of hydrogen-bond acceptors (Lipinski definition) is 2. The van der Waals surface area contributed by atoms with E-state index in [1.807, 2.05) is 19.1 Å². The molecule has 0 fully saturated rings. The van der Waals surface area contributed by atoms with E-state index in [0.717, 1.165) is 28.9 Å². The van der Waals surface area contributed by atoms with Gasteiger partial charge in [0.2, 0.25) is 0 Å². The summed E-state index contributed by atoms with van der Waals surface area (Å²) in [6, 6.07) is 10.7. The minimum Gasteiger partial charge on any atom is -0.397 e. The third-order valence-corrected chi connectivity index (χ3v) is 2.97. The summed E-state index contributed by atoms with van der Waals surface area (Å²) >= 11 is 0. The molecule has 0 aromatic heterocycles. The average Bonchev–Trinajstić information content (AvgIpc) is 2.39. The Morgan fingerprint density at radius 2 is 1.70 bits per heavy atom. The molecule has 2 aromatic carbocycles. The summed E-state index contributed by atoms with van der Waals surface area (Å²) in [6.45, 7) is 2.37. The molecule has 3 N–H and O–H groups in total. The highest BCUT2D eigenvalue weighted by Crippen LogP contribution is 2.29. The van der Waals surface area contributed by atoms with Crippen LogP contribution < -0.4 is 11.1 Å². The first-order valence-electron chi connectivity index (χ1n) is 6.12. The minimum absolute atomic E-state index is 0.422. The lowest BCUT2D eigenvalue weighted by atomic mass is 10.1. The van der Waals surface area contributed by atoms with Crippen molar-refractivity contribution in [3.05, 3.63) is 59.2 Å². The smallest absolute Gasteiger partial charge is 0.397 e. The molecule has 0 saturated carbocycles. The lowest BCUT2D eigenvalue weighted by Crippen LogP contribution is -2.06. The van der Waals surface area contributed by atoms with Crippen LogP contribution in [0.5, 0.6) is 0 Å². The van der Waals surface area contributed by atoms with Crippen LogP contribution in [0.3, 0.4) is 0 Å². The molecule has 0 bridgehead atoms. The minimum atomic E-state index is -4.30. The molecule has 0 heterocycles. The van der Waals surface area contributed by atoms with Crippen LogP contribution in [0.1, 0.15) is 16.7 Å². The maximum absolute atomic E-state index is 12.4. The molecular formula is C15H15F3N2. The Labute approximate surface area is 115 Å². The molecule has 0 spiro atoms. The van der Waals surface area contributed by atoms with Crippen LogP contribution in [-0.4, -0.2) is 0 Å². The van der Waals surface area contributed by atoms with Crippen molar-refractivity contribution in [3.63, 3.8) is 0 Å². The van der Waals surface area contributed by atoms with Gasteiger partial charge in [-0.1, -0.05) is 18.2 Å². The van der Waals surface area contributed by atoms with Crippen molar-refractivity contribution >= 4 is 11.4 Å². The zero-order chi connectivity index (χ0) is 14.8. The fraction of sp³-hybridized carbons (Fsp3) is 0.200. The molecular weight excluding hydrogens is 265 g/mol. The van der Waals surface area contributed by atoms with E-state index < -0.39 is 11.7 Å². The second-order valence-corrected chi connectivity index (χ2v) is 4.64. The number of nitrogen functional groups attached to an aromatic ring is 1. The molecule has 2 nitrogen and oxygen atoms in total. The summed E-state index contributed by atoms with van der Waals surface area (Å²) in [5.74, 6) is 0. The Hall–Kier alpha value is -2.17. The first kappa shape index (κ1) is 14.2. The second kappa shape index (κ2) is 5.45. The van der Waals surface area contributed by atoms with Gasteiger partial charge in [-0.05, 0) is 42.3 Å². The monoisotopic (exact) mass is 280 g/mol. The van der Waals surface area contributed by atoms with Crippen LogP contribution in [-0.2, 0) is 12.7 Å². The molecule has 0 atom stereocenters. The van der Waals surface area contributed by atoms with Gasteiger partial charge >= 0.3 is 6.18 Å². The quantitative estimate of drug-likeness (QED) is 0.827. The van der Waals surface area contributed by atoms with Crippen LogP contribution in [0.15, 0.2) is 42.5 Å². The van der Waals surface area contributed by atoms with Gasteiger partial charge in [0.1, 0.15) is 0 Å². The first-order chi connectivity index (χ1) is 9.36. The van der Waals surface area contributed by atoms with E-state index in [-0.39, 0.29) is 0 Å². The summed E-state index contributed by atoms with van der Waals surface area (Å²) in [4.78, 5) is 0. The van der Waals surface area contributed by atoms with Gasteiger partial charge in [-0.2, -0.15) is 13.2 Å². The molecule has 0 amide bonds. The SMILES string of the molecule is Cc1ccc(N)c(NCc2ccc(C(F)(F)F)cc2)c1. The van der Waals surface area contributed by atoms with Crippen LogP contribution in [0.4, 0.5) is 24.5 Å². The fourth-order valence-electron chi connectivity index (χ4n) is 1.83. The number of aryl methyl sites for hydroxylation is 1. The lowest BCUT2D eigenvalue weighted by molar-refractivity contribution is -0.137. The molecule has 106 valence electrons. The van der Waals surface area contributed by atoms with Gasteiger partial charge in [-0.3, -0.25) is 0 Å². The third kappa shape index (κ3) is 3.44. The van der Waals surface area contributed by atoms with Crippen LogP contribution in [0, 0.1) is 6.92 Å². The predicted molar refractivity (Wildman–Crippen MR) is 74.4 cm³/mol. The molecule has 0 unspecified atom stereocenters. The Morgan fingerprint density at radius 1 is 1.05 bits per heavy atom. The molecule has 20 heavy (non-hydrogen) atoms. The highest BCUT2D eigenvalue weighted by Gasteiger charge is 2.29. The summed E-state index contributed by atoms with van der Waals surface area (Å²) in [5.41, 5.74) is 8.40. The van der Waals surface area contributed by atoms with Gasteiger partial charge < -0.3 is 11.1 Å². The van der Waals surface area contributed by atoms with Gasteiger partial charge in [0.25, 0.3) is 0 Å². The molecule has 0 aliphatic rings. The Balaban J connectivity index is 2.06. The van der Waals surface area contributed by atoms with E-state index in [4.69, 9.17) is 5.73 Å². The van der Waals surface area contributed by atoms with E-state index in [2.05, 4.69) is 5.32 Å². The molecule has 0 radical (unpaired) electrons. The first-order valence-corrected chi connectivity index (χ1v) is 6.12. The number of alkyl halides is 3. The zero-order valence-electron chi connectivity index (χ0n) is 11.0. The lowest BCUT2D eigenvalue weighted by Gasteiger charge is -2.11. The number of halogens is 3. The number of rotatable bonds is 3. The van der Waals surface area contributed by atoms with E-state index in [0.29, 0.717) is 12.2 Å². The maximum atomic E-state index is 12.4. The van der Waals surface area contributed by atoms with Crippen LogP contribution >= 0.6 is 0 Å². The third-order valence-electron chi connectivity index (χ3n) is 2.97. The largest absolute Gasteiger partial charge is 0.416 e. The fourth-order valence-corrected chi connectivity index (χ4v) is 1.83. The van der Waals surface area contributed by atoms with E-state index >= 15 is 0 Å². The van der Waals surface area contributed by atoms with Crippen molar-refractivity contribution in [3.8, 4) is 0 Å². The standard InChI is InChI=1S/C15H15F3N2/c1-10-2-7-13(19)14(8-10)20-9-11-3-5-12(6-4-11)15(16,17)18/h2-8,20H,9,19H2,1H3. The van der Waals surface area contributed by atoms with Crippen molar-refractivity contribution in [2.24, 2.45) is 0 Å². The molecule has 0 saturated heterocycles. The van der Waals surface area contributed by atoms with Gasteiger partial charge in [0.05, 0.1) is 16.9 Å². The van der Waals surface area contributed by atoms with Crippen molar-refractivity contribution in [1.82, 2.24) is 0 Å². The number of nitrogens with one attached hydrogen (secondary N) is 1. The summed E-state index contributed by atoms with van der Waals surface area (Å²) in [7, 11) is 0. The molecule has 0 aliphatic heterocycles. The van der Waals surface area contributed by atoms with Gasteiger partial charge in [-0.15, -0.1) is 0 Å². The topological polar surface area (TPSA) is 38.0 Å². The number of hydrogen-bond donors (Lipinski definition) is 2. The van der Waals surface area contributed by atoms with Gasteiger partial charge in [0, 0.05) is 6.54 Å². The maximum Gasteiger partial charge on any atom is 0.416 e. The van der Waals surface area contributed by atoms with Crippen LogP contribution in [0.25, 0.3) is 0 Å². The summed E-state index contributed by atoms with van der Waals surface area (Å²) in [6.07, 6.45) is -4.30. The summed E-state index contributed by atoms with van der Waals surface area (Å²) < 4.78 is 37.3. The van der Waals surface area contributed by atoms with Crippen molar-refractivity contribution in [2.75, 3.05) is 11.1 Å². The van der Waals surface area contributed by atoms with Crippen molar-refractivity contribution < 1.29 is 13.2 Å². The zero-order valence-corrected chi connectivity index (χ0v) is 11.0.